The van der Waals surface area contributed by atoms with E-state index in [2.05, 4.69) is 53.6 Å². The molecule has 0 saturated carbocycles. The van der Waals surface area contributed by atoms with Gasteiger partial charge in [0.2, 0.25) is 0 Å². The van der Waals surface area contributed by atoms with E-state index in [9.17, 15) is 0 Å². The Hall–Kier alpha value is -1.96. The normalized spacial score (nSPS) is 11.1. The van der Waals surface area contributed by atoms with Crippen molar-refractivity contribution in [1.29, 1.82) is 0 Å². The summed E-state index contributed by atoms with van der Waals surface area (Å²) in [4.78, 5) is 3.46. The number of para-hydroxylation sites is 1. The van der Waals surface area contributed by atoms with Crippen molar-refractivity contribution in [3.8, 4) is 0 Å². The van der Waals surface area contributed by atoms with Gasteiger partial charge >= 0.3 is 0 Å². The summed E-state index contributed by atoms with van der Waals surface area (Å²) < 4.78 is 0. The van der Waals surface area contributed by atoms with Gasteiger partial charge in [-0.1, -0.05) is 18.2 Å². The number of H-pyrrole nitrogens is 1. The molecule has 2 N–H and O–H groups in total. The van der Waals surface area contributed by atoms with Gasteiger partial charge in [-0.3, -0.25) is 0 Å². The van der Waals surface area contributed by atoms with Gasteiger partial charge in [0, 0.05) is 23.3 Å². The highest BCUT2D eigenvalue weighted by atomic mass is 14.9. The minimum Gasteiger partial charge on any atom is -0.386 e. The molecule has 1 heterocycles. The molecule has 0 spiro atoms. The Labute approximate surface area is 94.3 Å². The van der Waals surface area contributed by atoms with Crippen LogP contribution in [0.25, 0.3) is 21.8 Å². The van der Waals surface area contributed by atoms with Crippen LogP contribution in [-0.2, 0) is 0 Å². The quantitative estimate of drug-likeness (QED) is 0.630. The molecule has 0 aliphatic heterocycles. The first-order chi connectivity index (χ1) is 7.79. The maximum atomic E-state index is 3.46. The fourth-order valence-corrected chi connectivity index (χ4v) is 2.29. The van der Waals surface area contributed by atoms with E-state index in [0.717, 1.165) is 5.69 Å². The van der Waals surface area contributed by atoms with Gasteiger partial charge in [-0.05, 0) is 30.7 Å². The van der Waals surface area contributed by atoms with E-state index in [1.807, 2.05) is 7.05 Å². The molecule has 0 aliphatic carbocycles. The van der Waals surface area contributed by atoms with Crippen LogP contribution in [0.1, 0.15) is 5.56 Å². The lowest BCUT2D eigenvalue weighted by atomic mass is 10.1. The highest BCUT2D eigenvalue weighted by Gasteiger charge is 2.07. The molecule has 2 nitrogen and oxygen atoms in total. The first-order valence-electron chi connectivity index (χ1n) is 5.48. The average Bonchev–Trinajstić information content (AvgIpc) is 2.67. The SMILES string of the molecule is CNc1cc(C)cc2c1[nH]c1ccccc12. The lowest BCUT2D eigenvalue weighted by Gasteiger charge is -2.03. The van der Waals surface area contributed by atoms with Crippen molar-refractivity contribution in [2.45, 2.75) is 6.92 Å². The fourth-order valence-electron chi connectivity index (χ4n) is 2.29. The minimum absolute atomic E-state index is 1.16. The van der Waals surface area contributed by atoms with Crippen LogP contribution in [0.4, 0.5) is 5.69 Å². The van der Waals surface area contributed by atoms with Gasteiger partial charge in [-0.2, -0.15) is 0 Å². The number of aromatic nitrogens is 1. The van der Waals surface area contributed by atoms with Crippen LogP contribution < -0.4 is 5.32 Å². The molecule has 2 heteroatoms. The monoisotopic (exact) mass is 210 g/mol. The van der Waals surface area contributed by atoms with Crippen LogP contribution in [0.3, 0.4) is 0 Å². The van der Waals surface area contributed by atoms with Crippen molar-refractivity contribution in [2.24, 2.45) is 0 Å². The number of anilines is 1. The minimum atomic E-state index is 1.16. The van der Waals surface area contributed by atoms with Crippen LogP contribution in [0.15, 0.2) is 36.4 Å². The van der Waals surface area contributed by atoms with Crippen molar-refractivity contribution in [1.82, 2.24) is 4.98 Å². The topological polar surface area (TPSA) is 27.8 Å². The summed E-state index contributed by atoms with van der Waals surface area (Å²) in [6.45, 7) is 2.13. The summed E-state index contributed by atoms with van der Waals surface area (Å²) in [7, 11) is 1.96. The van der Waals surface area contributed by atoms with Crippen LogP contribution in [0.2, 0.25) is 0 Å². The van der Waals surface area contributed by atoms with Crippen molar-refractivity contribution in [3.63, 3.8) is 0 Å². The highest BCUT2D eigenvalue weighted by Crippen LogP contribution is 2.31. The number of benzene rings is 2. The number of rotatable bonds is 1. The largest absolute Gasteiger partial charge is 0.386 e. The summed E-state index contributed by atoms with van der Waals surface area (Å²) in [5.74, 6) is 0. The van der Waals surface area contributed by atoms with E-state index in [-0.39, 0.29) is 0 Å². The van der Waals surface area contributed by atoms with Crippen molar-refractivity contribution >= 4 is 27.5 Å². The smallest absolute Gasteiger partial charge is 0.0700 e. The number of aromatic amines is 1. The van der Waals surface area contributed by atoms with Crippen molar-refractivity contribution in [2.75, 3.05) is 12.4 Å². The standard InChI is InChI=1S/C14H14N2/c1-9-7-11-10-5-3-4-6-12(10)16-14(11)13(8-9)15-2/h3-8,15-16H,1-2H3. The Morgan fingerprint density at radius 3 is 2.69 bits per heavy atom. The Balaban J connectivity index is 2.54. The first kappa shape index (κ1) is 9.28. The van der Waals surface area contributed by atoms with E-state index < -0.39 is 0 Å². The van der Waals surface area contributed by atoms with Gasteiger partial charge in [0.25, 0.3) is 0 Å². The first-order valence-corrected chi connectivity index (χ1v) is 5.48. The van der Waals surface area contributed by atoms with Crippen LogP contribution >= 0.6 is 0 Å². The van der Waals surface area contributed by atoms with Crippen molar-refractivity contribution < 1.29 is 0 Å². The third kappa shape index (κ3) is 1.20. The fraction of sp³-hybridized carbons (Fsp3) is 0.143. The summed E-state index contributed by atoms with van der Waals surface area (Å²) in [5, 5.41) is 5.82. The van der Waals surface area contributed by atoms with E-state index >= 15 is 0 Å². The zero-order valence-corrected chi connectivity index (χ0v) is 9.46. The second-order valence-corrected chi connectivity index (χ2v) is 4.16. The Morgan fingerprint density at radius 1 is 1.06 bits per heavy atom. The lowest BCUT2D eigenvalue weighted by molar-refractivity contribution is 1.44. The summed E-state index contributed by atoms with van der Waals surface area (Å²) in [6.07, 6.45) is 0. The van der Waals surface area contributed by atoms with Gasteiger partial charge in [0.15, 0.2) is 0 Å². The molecule has 3 aromatic rings. The average molecular weight is 210 g/mol. The number of hydrogen-bond acceptors (Lipinski definition) is 1. The van der Waals surface area contributed by atoms with Crippen LogP contribution in [0.5, 0.6) is 0 Å². The molecule has 0 atom stereocenters. The number of fused-ring (bicyclic) bond motifs is 3. The molecule has 16 heavy (non-hydrogen) atoms. The predicted molar refractivity (Wildman–Crippen MR) is 70.1 cm³/mol. The predicted octanol–water partition coefficient (Wildman–Crippen LogP) is 3.67. The number of aryl methyl sites for hydroxylation is 1. The highest BCUT2D eigenvalue weighted by molar-refractivity contribution is 6.11. The summed E-state index contributed by atoms with van der Waals surface area (Å²) >= 11 is 0. The zero-order valence-electron chi connectivity index (χ0n) is 9.46. The molecule has 0 aliphatic rings. The van der Waals surface area contributed by atoms with E-state index in [1.54, 1.807) is 0 Å². The zero-order chi connectivity index (χ0) is 11.1. The molecular formula is C14H14N2. The van der Waals surface area contributed by atoms with Gasteiger partial charge in [-0.25, -0.2) is 0 Å². The van der Waals surface area contributed by atoms with Crippen molar-refractivity contribution in [3.05, 3.63) is 42.0 Å². The third-order valence-electron chi connectivity index (χ3n) is 3.03. The Kier molecular flexibility index (Phi) is 1.90. The third-order valence-corrected chi connectivity index (χ3v) is 3.03. The van der Waals surface area contributed by atoms with E-state index in [1.165, 1.54) is 27.4 Å². The second-order valence-electron chi connectivity index (χ2n) is 4.16. The molecule has 3 rings (SSSR count). The summed E-state index contributed by atoms with van der Waals surface area (Å²) in [5.41, 5.74) is 4.82. The van der Waals surface area contributed by atoms with E-state index in [0.29, 0.717) is 0 Å². The van der Waals surface area contributed by atoms with Gasteiger partial charge in [0.1, 0.15) is 0 Å². The molecule has 2 aromatic carbocycles. The lowest BCUT2D eigenvalue weighted by Crippen LogP contribution is -1.89. The molecule has 0 bridgehead atoms. The molecule has 0 amide bonds. The van der Waals surface area contributed by atoms with E-state index in [4.69, 9.17) is 0 Å². The molecule has 1 aromatic heterocycles. The van der Waals surface area contributed by atoms with Crippen LogP contribution in [0, 0.1) is 6.92 Å². The van der Waals surface area contributed by atoms with Gasteiger partial charge < -0.3 is 10.3 Å². The number of nitrogens with one attached hydrogen (secondary N) is 2. The molecule has 0 radical (unpaired) electrons. The molecule has 0 fully saturated rings. The Bertz CT molecular complexity index is 665. The van der Waals surface area contributed by atoms with Crippen LogP contribution in [-0.4, -0.2) is 12.0 Å². The summed E-state index contributed by atoms with van der Waals surface area (Å²) in [6, 6.07) is 12.8. The molecule has 80 valence electrons. The maximum Gasteiger partial charge on any atom is 0.0700 e. The van der Waals surface area contributed by atoms with Gasteiger partial charge in [-0.15, -0.1) is 0 Å². The molecule has 0 unspecified atom stereocenters. The maximum absolute atomic E-state index is 3.46. The second kappa shape index (κ2) is 3.27. The number of hydrogen-bond donors (Lipinski definition) is 2. The molecule has 0 saturated heterocycles. The Morgan fingerprint density at radius 2 is 1.88 bits per heavy atom. The molecular weight excluding hydrogens is 196 g/mol. The van der Waals surface area contributed by atoms with Gasteiger partial charge in [0.05, 0.1) is 11.2 Å².